The Hall–Kier alpha value is -1.60. The molecule has 142 valence electrons. The van der Waals surface area contributed by atoms with Gasteiger partial charge in [-0.1, -0.05) is 6.07 Å². The molecule has 0 radical (unpaired) electrons. The summed E-state index contributed by atoms with van der Waals surface area (Å²) >= 11 is 0. The highest BCUT2D eigenvalue weighted by Gasteiger charge is 2.24. The predicted molar refractivity (Wildman–Crippen MR) is 93.5 cm³/mol. The number of hydrogen-bond acceptors (Lipinski definition) is 4. The number of ether oxygens (including phenoxy) is 2. The van der Waals surface area contributed by atoms with Crippen molar-refractivity contribution in [1.29, 1.82) is 0 Å². The average molecular weight is 379 g/mol. The van der Waals surface area contributed by atoms with E-state index in [1.54, 1.807) is 19.1 Å². The van der Waals surface area contributed by atoms with Gasteiger partial charge in [-0.25, -0.2) is 0 Å². The number of rotatable bonds is 7. The molecule has 1 aromatic carbocycles. The molecule has 1 aromatic rings. The van der Waals surface area contributed by atoms with Gasteiger partial charge in [-0.3, -0.25) is 4.79 Å². The van der Waals surface area contributed by atoms with Gasteiger partial charge in [0.05, 0.1) is 6.61 Å². The first-order chi connectivity index (χ1) is 11.5. The van der Waals surface area contributed by atoms with Crippen molar-refractivity contribution in [3.05, 3.63) is 23.8 Å². The zero-order valence-corrected chi connectivity index (χ0v) is 15.2. The highest BCUT2D eigenvalue weighted by Crippen LogP contribution is 2.30. The minimum Gasteiger partial charge on any atom is -0.490 e. The summed E-state index contributed by atoms with van der Waals surface area (Å²) in [5.41, 5.74) is 0.774. The normalized spacial score (nSPS) is 19.9. The topological polar surface area (TPSA) is 59.6 Å². The van der Waals surface area contributed by atoms with E-state index < -0.39 is 6.61 Å². The molecule has 0 saturated carbocycles. The van der Waals surface area contributed by atoms with Gasteiger partial charge in [0.25, 0.3) is 0 Å². The molecule has 2 atom stereocenters. The van der Waals surface area contributed by atoms with E-state index in [9.17, 15) is 13.6 Å². The number of hydrogen-bond donors (Lipinski definition) is 2. The van der Waals surface area contributed by atoms with Gasteiger partial charge in [-0.05, 0) is 50.9 Å². The lowest BCUT2D eigenvalue weighted by atomic mass is 9.92. The van der Waals surface area contributed by atoms with Crippen molar-refractivity contribution in [2.24, 2.45) is 5.92 Å². The molecule has 1 aliphatic rings. The Morgan fingerprint density at radius 2 is 2.16 bits per heavy atom. The van der Waals surface area contributed by atoms with Crippen LogP contribution in [-0.2, 0) is 11.3 Å². The summed E-state index contributed by atoms with van der Waals surface area (Å²) in [6.07, 6.45) is 1.64. The summed E-state index contributed by atoms with van der Waals surface area (Å²) in [7, 11) is 0. The molecule has 1 heterocycles. The van der Waals surface area contributed by atoms with Gasteiger partial charge in [0.15, 0.2) is 11.5 Å². The lowest BCUT2D eigenvalue weighted by Gasteiger charge is -2.27. The third kappa shape index (κ3) is 6.66. The first-order valence-corrected chi connectivity index (χ1v) is 8.21. The Labute approximate surface area is 152 Å². The predicted octanol–water partition coefficient (Wildman–Crippen LogP) is 3.11. The summed E-state index contributed by atoms with van der Waals surface area (Å²) in [4.78, 5) is 12.2. The molecule has 1 saturated heterocycles. The van der Waals surface area contributed by atoms with E-state index >= 15 is 0 Å². The van der Waals surface area contributed by atoms with E-state index in [2.05, 4.69) is 22.3 Å². The van der Waals surface area contributed by atoms with Crippen LogP contribution in [0.5, 0.6) is 11.5 Å². The Bertz CT molecular complexity index is 561. The maximum Gasteiger partial charge on any atom is 0.387 e. The van der Waals surface area contributed by atoms with E-state index in [1.807, 2.05) is 0 Å². The molecule has 25 heavy (non-hydrogen) atoms. The second-order valence-electron chi connectivity index (χ2n) is 5.89. The minimum atomic E-state index is -2.91. The maximum absolute atomic E-state index is 12.4. The molecule has 5 nitrogen and oxygen atoms in total. The van der Waals surface area contributed by atoms with Gasteiger partial charge >= 0.3 is 6.61 Å². The highest BCUT2D eigenvalue weighted by atomic mass is 35.5. The van der Waals surface area contributed by atoms with Crippen molar-refractivity contribution in [2.45, 2.75) is 45.9 Å². The molecule has 0 unspecified atom stereocenters. The minimum absolute atomic E-state index is 0. The maximum atomic E-state index is 12.4. The van der Waals surface area contributed by atoms with Crippen molar-refractivity contribution in [3.8, 4) is 11.5 Å². The first kappa shape index (κ1) is 21.4. The summed E-state index contributed by atoms with van der Waals surface area (Å²) < 4.78 is 34.6. The van der Waals surface area contributed by atoms with Crippen LogP contribution in [0.15, 0.2) is 18.2 Å². The van der Waals surface area contributed by atoms with Gasteiger partial charge < -0.3 is 20.1 Å². The van der Waals surface area contributed by atoms with Crippen molar-refractivity contribution in [2.75, 3.05) is 13.2 Å². The van der Waals surface area contributed by atoms with Crippen LogP contribution < -0.4 is 20.1 Å². The Kier molecular flexibility index (Phi) is 8.92. The second-order valence-corrected chi connectivity index (χ2v) is 5.89. The molecular weight excluding hydrogens is 354 g/mol. The molecule has 8 heteroatoms. The number of amides is 1. The number of piperidine rings is 1. The van der Waals surface area contributed by atoms with Crippen molar-refractivity contribution in [3.63, 3.8) is 0 Å². The first-order valence-electron chi connectivity index (χ1n) is 8.21. The van der Waals surface area contributed by atoms with E-state index in [0.717, 1.165) is 24.9 Å². The molecule has 1 amide bonds. The van der Waals surface area contributed by atoms with Crippen LogP contribution in [0.25, 0.3) is 0 Å². The van der Waals surface area contributed by atoms with Gasteiger partial charge in [0, 0.05) is 18.5 Å². The molecule has 2 rings (SSSR count). The Morgan fingerprint density at radius 1 is 1.40 bits per heavy atom. The zero-order valence-electron chi connectivity index (χ0n) is 14.4. The number of alkyl halides is 2. The van der Waals surface area contributed by atoms with Crippen LogP contribution in [0.2, 0.25) is 0 Å². The van der Waals surface area contributed by atoms with E-state index in [4.69, 9.17) is 4.74 Å². The molecule has 2 N–H and O–H groups in total. The Balaban J connectivity index is 0.00000312. The van der Waals surface area contributed by atoms with E-state index in [0.29, 0.717) is 19.2 Å². The lowest BCUT2D eigenvalue weighted by Crippen LogP contribution is -2.42. The van der Waals surface area contributed by atoms with Crippen LogP contribution in [0, 0.1) is 5.92 Å². The van der Waals surface area contributed by atoms with Crippen LogP contribution >= 0.6 is 12.4 Å². The molecule has 0 bridgehead atoms. The summed E-state index contributed by atoms with van der Waals surface area (Å²) in [5, 5.41) is 6.22. The van der Waals surface area contributed by atoms with Crippen molar-refractivity contribution < 1.29 is 23.0 Å². The van der Waals surface area contributed by atoms with E-state index in [-0.39, 0.29) is 35.7 Å². The monoisotopic (exact) mass is 378 g/mol. The van der Waals surface area contributed by atoms with Crippen molar-refractivity contribution >= 4 is 18.3 Å². The van der Waals surface area contributed by atoms with Crippen LogP contribution in [0.3, 0.4) is 0 Å². The Morgan fingerprint density at radius 3 is 2.80 bits per heavy atom. The number of benzene rings is 1. The molecule has 0 aromatic heterocycles. The third-order valence-corrected chi connectivity index (χ3v) is 3.99. The number of nitrogens with one attached hydrogen (secondary N) is 2. The summed E-state index contributed by atoms with van der Waals surface area (Å²) in [6.45, 7) is 2.42. The average Bonchev–Trinajstić information content (AvgIpc) is 2.54. The summed E-state index contributed by atoms with van der Waals surface area (Å²) in [6, 6.07) is 5.04. The SMILES string of the molecule is CCOc1cc(CNC(=O)[C@H]2CCN[C@@H](C)C2)ccc1OC(F)F.Cl. The molecule has 0 spiro atoms. The quantitative estimate of drug-likeness (QED) is 0.765. The molecular formula is C17H25ClF2N2O3. The fourth-order valence-electron chi connectivity index (χ4n) is 2.83. The molecule has 1 fully saturated rings. The largest absolute Gasteiger partial charge is 0.490 e. The zero-order chi connectivity index (χ0) is 17.5. The number of carbonyl (C=O) groups excluding carboxylic acids is 1. The van der Waals surface area contributed by atoms with Crippen LogP contribution in [-0.4, -0.2) is 31.7 Å². The highest BCUT2D eigenvalue weighted by molar-refractivity contribution is 5.85. The van der Waals surface area contributed by atoms with Gasteiger partial charge in [0.2, 0.25) is 5.91 Å². The lowest BCUT2D eigenvalue weighted by molar-refractivity contribution is -0.126. The van der Waals surface area contributed by atoms with Gasteiger partial charge in [0.1, 0.15) is 0 Å². The van der Waals surface area contributed by atoms with Gasteiger partial charge in [-0.15, -0.1) is 12.4 Å². The summed E-state index contributed by atoms with van der Waals surface area (Å²) in [5.74, 6) is 0.275. The van der Waals surface area contributed by atoms with Crippen molar-refractivity contribution in [1.82, 2.24) is 10.6 Å². The van der Waals surface area contributed by atoms with Crippen LogP contribution in [0.4, 0.5) is 8.78 Å². The molecule has 0 aliphatic carbocycles. The third-order valence-electron chi connectivity index (χ3n) is 3.99. The standard InChI is InChI=1S/C17H24F2N2O3.ClH/c1-3-23-15-9-12(4-5-14(15)24-17(18)19)10-21-16(22)13-6-7-20-11(2)8-13;/h4-5,9,11,13,17,20H,3,6-8,10H2,1-2H3,(H,21,22);1H/t11-,13-;/m0./s1. The number of carbonyl (C=O) groups is 1. The smallest absolute Gasteiger partial charge is 0.387 e. The van der Waals surface area contributed by atoms with E-state index in [1.165, 1.54) is 6.07 Å². The number of halogens is 3. The fourth-order valence-corrected chi connectivity index (χ4v) is 2.83. The van der Waals surface area contributed by atoms with Crippen LogP contribution in [0.1, 0.15) is 32.3 Å². The fraction of sp³-hybridized carbons (Fsp3) is 0.588. The van der Waals surface area contributed by atoms with Gasteiger partial charge in [-0.2, -0.15) is 8.78 Å². The molecule has 1 aliphatic heterocycles. The second kappa shape index (κ2) is 10.4.